The molecular weight excluding hydrogens is 379 g/mol. The Morgan fingerprint density at radius 2 is 2.15 bits per heavy atom. The number of carbonyl (C=O) groups is 1. The number of aryl methyl sites for hydroxylation is 1. The van der Waals surface area contributed by atoms with Gasteiger partial charge in [0, 0.05) is 16.0 Å². The summed E-state index contributed by atoms with van der Waals surface area (Å²) in [5.74, 6) is 0.225. The highest BCUT2D eigenvalue weighted by Crippen LogP contribution is 2.29. The van der Waals surface area contributed by atoms with Crippen LogP contribution in [0.4, 0.5) is 4.39 Å². The molecule has 2 heterocycles. The van der Waals surface area contributed by atoms with Crippen molar-refractivity contribution in [2.45, 2.75) is 26.0 Å². The lowest BCUT2D eigenvalue weighted by molar-refractivity contribution is 0.0842. The number of nitrogens with one attached hydrogen (secondary N) is 1. The van der Waals surface area contributed by atoms with Crippen molar-refractivity contribution in [3.05, 3.63) is 63.6 Å². The van der Waals surface area contributed by atoms with E-state index in [9.17, 15) is 14.3 Å². The van der Waals surface area contributed by atoms with Crippen LogP contribution in [-0.2, 0) is 0 Å². The molecule has 0 unspecified atom stereocenters. The second-order valence-electron chi connectivity index (χ2n) is 5.79. The molecule has 0 fully saturated rings. The molecule has 0 radical (unpaired) electrons. The monoisotopic (exact) mass is 394 g/mol. The van der Waals surface area contributed by atoms with Crippen LogP contribution < -0.4 is 5.32 Å². The van der Waals surface area contributed by atoms with Gasteiger partial charge in [0.1, 0.15) is 23.4 Å². The Bertz CT molecular complexity index is 920. The van der Waals surface area contributed by atoms with Crippen molar-refractivity contribution < 1.29 is 18.7 Å². The van der Waals surface area contributed by atoms with Gasteiger partial charge in [-0.3, -0.25) is 4.79 Å². The lowest BCUT2D eigenvalue weighted by atomic mass is 10.0. The van der Waals surface area contributed by atoms with Gasteiger partial charge in [-0.15, -0.1) is 11.3 Å². The summed E-state index contributed by atoms with van der Waals surface area (Å²) in [6, 6.07) is 6.96. The third-order valence-electron chi connectivity index (χ3n) is 3.82. The number of carbonyl (C=O) groups excluding carboxylic acids is 1. The Kier molecular flexibility index (Phi) is 5.41. The molecule has 26 heavy (non-hydrogen) atoms. The Balaban J connectivity index is 1.72. The van der Waals surface area contributed by atoms with Gasteiger partial charge >= 0.3 is 0 Å². The molecule has 3 rings (SSSR count). The largest absolute Gasteiger partial charge is 0.459 e. The Morgan fingerprint density at radius 3 is 2.81 bits per heavy atom. The zero-order chi connectivity index (χ0) is 18.8. The van der Waals surface area contributed by atoms with Gasteiger partial charge in [0.25, 0.3) is 5.91 Å². The standard InChI is InChI=1S/C18H16ClFN2O3S/c1-9-6-7-14(25-9)18-22-13(8-26-18)17(24)21-10(2)16(23)15-11(19)4-3-5-12(15)20/h3-8,10,16,23H,1-2H3,(H,21,24)/t10-,16+/m0/s1. The van der Waals surface area contributed by atoms with E-state index in [0.717, 1.165) is 5.76 Å². The molecule has 8 heteroatoms. The highest BCUT2D eigenvalue weighted by atomic mass is 35.5. The number of aliphatic hydroxyl groups is 1. The first-order chi connectivity index (χ1) is 12.4. The van der Waals surface area contributed by atoms with E-state index in [0.29, 0.717) is 10.8 Å². The van der Waals surface area contributed by atoms with Crippen LogP contribution >= 0.6 is 22.9 Å². The van der Waals surface area contributed by atoms with Crippen LogP contribution in [0.2, 0.25) is 5.02 Å². The number of hydrogen-bond donors (Lipinski definition) is 2. The van der Waals surface area contributed by atoms with E-state index in [-0.39, 0.29) is 16.3 Å². The summed E-state index contributed by atoms with van der Waals surface area (Å²) in [4.78, 5) is 16.6. The van der Waals surface area contributed by atoms with Gasteiger partial charge in [-0.25, -0.2) is 9.37 Å². The number of halogens is 2. The Labute approximate surface area is 158 Å². The molecule has 0 bridgehead atoms. The first-order valence-corrected chi connectivity index (χ1v) is 9.07. The van der Waals surface area contributed by atoms with Crippen LogP contribution in [-0.4, -0.2) is 22.0 Å². The number of aliphatic hydroxyl groups excluding tert-OH is 1. The molecule has 1 aromatic carbocycles. The fourth-order valence-corrected chi connectivity index (χ4v) is 3.48. The summed E-state index contributed by atoms with van der Waals surface area (Å²) in [5.41, 5.74) is 0.143. The first kappa shape index (κ1) is 18.6. The van der Waals surface area contributed by atoms with Crippen LogP contribution in [0.5, 0.6) is 0 Å². The number of rotatable bonds is 5. The van der Waals surface area contributed by atoms with E-state index < -0.39 is 23.9 Å². The van der Waals surface area contributed by atoms with Crippen LogP contribution in [0.25, 0.3) is 10.8 Å². The fourth-order valence-electron chi connectivity index (χ4n) is 2.44. The van der Waals surface area contributed by atoms with E-state index in [1.54, 1.807) is 18.4 Å². The van der Waals surface area contributed by atoms with Crippen LogP contribution in [0.3, 0.4) is 0 Å². The van der Waals surface area contributed by atoms with Crippen LogP contribution in [0, 0.1) is 12.7 Å². The zero-order valence-electron chi connectivity index (χ0n) is 14.0. The molecule has 2 aromatic heterocycles. The summed E-state index contributed by atoms with van der Waals surface area (Å²) < 4.78 is 19.4. The van der Waals surface area contributed by atoms with E-state index in [1.165, 1.54) is 29.5 Å². The third-order valence-corrected chi connectivity index (χ3v) is 5.00. The van der Waals surface area contributed by atoms with Crippen molar-refractivity contribution in [3.63, 3.8) is 0 Å². The molecule has 1 amide bonds. The number of furan rings is 1. The number of aromatic nitrogens is 1. The maximum Gasteiger partial charge on any atom is 0.271 e. The van der Waals surface area contributed by atoms with E-state index in [4.69, 9.17) is 16.0 Å². The molecule has 2 N–H and O–H groups in total. The molecule has 136 valence electrons. The summed E-state index contributed by atoms with van der Waals surface area (Å²) in [6.07, 6.45) is -1.29. The van der Waals surface area contributed by atoms with Gasteiger partial charge in [0.15, 0.2) is 10.8 Å². The van der Waals surface area contributed by atoms with E-state index in [2.05, 4.69) is 10.3 Å². The minimum Gasteiger partial charge on any atom is -0.459 e. The molecule has 0 spiro atoms. The molecule has 0 saturated heterocycles. The number of amides is 1. The Morgan fingerprint density at radius 1 is 1.38 bits per heavy atom. The first-order valence-electron chi connectivity index (χ1n) is 7.82. The van der Waals surface area contributed by atoms with Gasteiger partial charge in [-0.2, -0.15) is 0 Å². The van der Waals surface area contributed by atoms with Crippen molar-refractivity contribution in [2.75, 3.05) is 0 Å². The normalized spacial score (nSPS) is 13.4. The lowest BCUT2D eigenvalue weighted by Gasteiger charge is -2.21. The maximum atomic E-state index is 13.9. The minimum absolute atomic E-state index is 0.0491. The van der Waals surface area contributed by atoms with E-state index in [1.807, 2.05) is 13.0 Å². The molecular formula is C18H16ClFN2O3S. The molecule has 3 aromatic rings. The third kappa shape index (κ3) is 3.80. The van der Waals surface area contributed by atoms with E-state index >= 15 is 0 Å². The zero-order valence-corrected chi connectivity index (χ0v) is 15.6. The van der Waals surface area contributed by atoms with Crippen molar-refractivity contribution >= 4 is 28.8 Å². The average Bonchev–Trinajstić information content (AvgIpc) is 3.23. The summed E-state index contributed by atoms with van der Waals surface area (Å²) in [5, 5.41) is 15.3. The van der Waals surface area contributed by atoms with Gasteiger partial charge in [0.2, 0.25) is 0 Å². The van der Waals surface area contributed by atoms with Crippen LogP contribution in [0.15, 0.2) is 40.1 Å². The molecule has 0 aliphatic carbocycles. The van der Waals surface area contributed by atoms with Gasteiger partial charge in [-0.1, -0.05) is 17.7 Å². The molecule has 0 saturated carbocycles. The van der Waals surface area contributed by atoms with Gasteiger partial charge < -0.3 is 14.8 Å². The minimum atomic E-state index is -1.29. The topological polar surface area (TPSA) is 75.4 Å². The number of benzene rings is 1. The van der Waals surface area contributed by atoms with Gasteiger partial charge in [-0.05, 0) is 38.1 Å². The maximum absolute atomic E-state index is 13.9. The predicted molar refractivity (Wildman–Crippen MR) is 97.9 cm³/mol. The Hall–Kier alpha value is -2.22. The number of nitrogens with zero attached hydrogens (tertiary/aromatic N) is 1. The average molecular weight is 395 g/mol. The molecule has 0 aliphatic heterocycles. The highest BCUT2D eigenvalue weighted by molar-refractivity contribution is 7.13. The summed E-state index contributed by atoms with van der Waals surface area (Å²) in [7, 11) is 0. The van der Waals surface area contributed by atoms with Gasteiger partial charge in [0.05, 0.1) is 6.04 Å². The summed E-state index contributed by atoms with van der Waals surface area (Å²) >= 11 is 7.23. The van der Waals surface area contributed by atoms with Crippen LogP contribution in [0.1, 0.15) is 34.8 Å². The summed E-state index contributed by atoms with van der Waals surface area (Å²) in [6.45, 7) is 3.39. The second-order valence-corrected chi connectivity index (χ2v) is 7.06. The van der Waals surface area contributed by atoms with Crippen molar-refractivity contribution in [1.29, 1.82) is 0 Å². The number of thiazole rings is 1. The van der Waals surface area contributed by atoms with Crippen molar-refractivity contribution in [1.82, 2.24) is 10.3 Å². The number of hydrogen-bond acceptors (Lipinski definition) is 5. The molecule has 0 aliphatic rings. The molecule has 2 atom stereocenters. The van der Waals surface area contributed by atoms with Crippen molar-refractivity contribution in [2.24, 2.45) is 0 Å². The predicted octanol–water partition coefficient (Wildman–Crippen LogP) is 4.36. The second kappa shape index (κ2) is 7.57. The highest BCUT2D eigenvalue weighted by Gasteiger charge is 2.25. The SMILES string of the molecule is Cc1ccc(-c2nc(C(=O)N[C@@H](C)[C@@H](O)c3c(F)cccc3Cl)cs2)o1. The smallest absolute Gasteiger partial charge is 0.271 e. The van der Waals surface area contributed by atoms with Crippen molar-refractivity contribution in [3.8, 4) is 10.8 Å². The fraction of sp³-hybridized carbons (Fsp3) is 0.222. The lowest BCUT2D eigenvalue weighted by Crippen LogP contribution is -2.37. The molecule has 5 nitrogen and oxygen atoms in total. The quantitative estimate of drug-likeness (QED) is 0.674.